The quantitative estimate of drug-likeness (QED) is 0.923. The fourth-order valence-electron chi connectivity index (χ4n) is 2.42. The van der Waals surface area contributed by atoms with Gasteiger partial charge in [0, 0.05) is 12.8 Å². The van der Waals surface area contributed by atoms with E-state index in [9.17, 15) is 5.11 Å². The van der Waals surface area contributed by atoms with Gasteiger partial charge in [-0.25, -0.2) is 0 Å². The highest BCUT2D eigenvalue weighted by molar-refractivity contribution is 6.01. The number of aliphatic hydroxyl groups is 1. The van der Waals surface area contributed by atoms with E-state index in [4.69, 9.17) is 4.84 Å². The molecule has 3 nitrogen and oxygen atoms in total. The van der Waals surface area contributed by atoms with E-state index in [0.29, 0.717) is 6.42 Å². The van der Waals surface area contributed by atoms with Crippen molar-refractivity contribution < 1.29 is 9.94 Å². The van der Waals surface area contributed by atoms with E-state index in [1.165, 1.54) is 0 Å². The van der Waals surface area contributed by atoms with Crippen LogP contribution in [-0.2, 0) is 4.84 Å². The van der Waals surface area contributed by atoms with Crippen molar-refractivity contribution in [1.82, 2.24) is 0 Å². The van der Waals surface area contributed by atoms with Crippen LogP contribution in [0.4, 0.5) is 0 Å². The Balaban J connectivity index is 1.60. The smallest absolute Gasteiger partial charge is 0.136 e. The lowest BCUT2D eigenvalue weighted by molar-refractivity contribution is 0.0363. The molecular formula is C17H17NO2. The van der Waals surface area contributed by atoms with Gasteiger partial charge in [0.15, 0.2) is 0 Å². The second-order valence-electron chi connectivity index (χ2n) is 5.00. The summed E-state index contributed by atoms with van der Waals surface area (Å²) >= 11 is 0. The third-order valence-corrected chi connectivity index (χ3v) is 3.51. The van der Waals surface area contributed by atoms with Crippen LogP contribution in [0.5, 0.6) is 0 Å². The standard InChI is InChI=1S/C17H17NO2/c19-17(14-9-5-2-6-10-14)12-15-11-16(18-20-15)13-7-3-1-4-8-13/h1-10,15,17,19H,11-12H2. The number of aliphatic hydroxyl groups excluding tert-OH is 1. The highest BCUT2D eigenvalue weighted by atomic mass is 16.6. The molecule has 20 heavy (non-hydrogen) atoms. The summed E-state index contributed by atoms with van der Waals surface area (Å²) in [6.07, 6.45) is 0.740. The van der Waals surface area contributed by atoms with Gasteiger partial charge in [0.05, 0.1) is 11.8 Å². The van der Waals surface area contributed by atoms with Gasteiger partial charge in [-0.3, -0.25) is 0 Å². The largest absolute Gasteiger partial charge is 0.392 e. The Labute approximate surface area is 118 Å². The Morgan fingerprint density at radius 1 is 1.05 bits per heavy atom. The molecule has 0 saturated carbocycles. The Morgan fingerprint density at radius 3 is 2.40 bits per heavy atom. The predicted molar refractivity (Wildman–Crippen MR) is 78.5 cm³/mol. The van der Waals surface area contributed by atoms with E-state index in [1.54, 1.807) is 0 Å². The molecule has 2 atom stereocenters. The molecule has 2 aromatic rings. The van der Waals surface area contributed by atoms with E-state index in [1.807, 2.05) is 60.7 Å². The van der Waals surface area contributed by atoms with Crippen LogP contribution < -0.4 is 0 Å². The summed E-state index contributed by atoms with van der Waals surface area (Å²) < 4.78 is 0. The van der Waals surface area contributed by atoms with Crippen LogP contribution in [0.3, 0.4) is 0 Å². The first-order valence-electron chi connectivity index (χ1n) is 6.84. The average molecular weight is 267 g/mol. The fourth-order valence-corrected chi connectivity index (χ4v) is 2.42. The molecule has 3 heteroatoms. The lowest BCUT2D eigenvalue weighted by atomic mass is 9.98. The van der Waals surface area contributed by atoms with Crippen LogP contribution in [0.2, 0.25) is 0 Å². The van der Waals surface area contributed by atoms with Gasteiger partial charge in [0.2, 0.25) is 0 Å². The number of benzene rings is 2. The molecule has 0 aliphatic carbocycles. The Kier molecular flexibility index (Phi) is 3.79. The highest BCUT2D eigenvalue weighted by Crippen LogP contribution is 2.25. The zero-order chi connectivity index (χ0) is 13.8. The van der Waals surface area contributed by atoms with Crippen LogP contribution >= 0.6 is 0 Å². The second-order valence-corrected chi connectivity index (χ2v) is 5.00. The number of nitrogens with zero attached hydrogens (tertiary/aromatic N) is 1. The summed E-state index contributed by atoms with van der Waals surface area (Å²) in [5, 5.41) is 14.3. The molecule has 1 heterocycles. The maximum Gasteiger partial charge on any atom is 0.136 e. The molecule has 0 aromatic heterocycles. The Bertz CT molecular complexity index is 580. The van der Waals surface area contributed by atoms with Crippen molar-refractivity contribution in [3.8, 4) is 0 Å². The molecule has 2 unspecified atom stereocenters. The topological polar surface area (TPSA) is 41.8 Å². The SMILES string of the molecule is OC(CC1CC(c2ccccc2)=NO1)c1ccccc1. The van der Waals surface area contributed by atoms with E-state index >= 15 is 0 Å². The molecule has 0 amide bonds. The first-order chi connectivity index (χ1) is 9.83. The minimum atomic E-state index is -0.508. The zero-order valence-electron chi connectivity index (χ0n) is 11.1. The van der Waals surface area contributed by atoms with E-state index in [0.717, 1.165) is 23.3 Å². The first-order valence-corrected chi connectivity index (χ1v) is 6.84. The third-order valence-electron chi connectivity index (χ3n) is 3.51. The number of hydrogen-bond donors (Lipinski definition) is 1. The summed E-state index contributed by atoms with van der Waals surface area (Å²) in [5.74, 6) is 0. The summed E-state index contributed by atoms with van der Waals surface area (Å²) in [7, 11) is 0. The van der Waals surface area contributed by atoms with Crippen molar-refractivity contribution in [2.45, 2.75) is 25.0 Å². The van der Waals surface area contributed by atoms with Gasteiger partial charge in [-0.05, 0) is 11.1 Å². The first kappa shape index (κ1) is 12.9. The maximum absolute atomic E-state index is 10.2. The van der Waals surface area contributed by atoms with Crippen LogP contribution in [0.25, 0.3) is 0 Å². The van der Waals surface area contributed by atoms with Crippen LogP contribution in [0.1, 0.15) is 30.1 Å². The highest BCUT2D eigenvalue weighted by Gasteiger charge is 2.25. The third kappa shape index (κ3) is 2.89. The van der Waals surface area contributed by atoms with Gasteiger partial charge in [0.25, 0.3) is 0 Å². The molecule has 1 N–H and O–H groups in total. The summed E-state index contributed by atoms with van der Waals surface area (Å²) in [6.45, 7) is 0. The summed E-state index contributed by atoms with van der Waals surface area (Å²) in [5.41, 5.74) is 2.96. The molecular weight excluding hydrogens is 250 g/mol. The van der Waals surface area contributed by atoms with Crippen LogP contribution in [0, 0.1) is 0 Å². The molecule has 1 aliphatic heterocycles. The van der Waals surface area contributed by atoms with Gasteiger partial charge < -0.3 is 9.94 Å². The predicted octanol–water partition coefficient (Wildman–Crippen LogP) is 3.30. The normalized spacial score (nSPS) is 19.2. The van der Waals surface area contributed by atoms with Crippen molar-refractivity contribution in [3.63, 3.8) is 0 Å². The molecule has 0 spiro atoms. The zero-order valence-corrected chi connectivity index (χ0v) is 11.1. The molecule has 0 radical (unpaired) electrons. The molecule has 3 rings (SSSR count). The van der Waals surface area contributed by atoms with Crippen molar-refractivity contribution in [3.05, 3.63) is 71.8 Å². The molecule has 2 aromatic carbocycles. The summed E-state index contributed by atoms with van der Waals surface area (Å²) in [6, 6.07) is 19.7. The van der Waals surface area contributed by atoms with Crippen molar-refractivity contribution in [2.24, 2.45) is 5.16 Å². The molecule has 102 valence electrons. The van der Waals surface area contributed by atoms with Gasteiger partial charge in [-0.2, -0.15) is 0 Å². The van der Waals surface area contributed by atoms with Crippen molar-refractivity contribution in [1.29, 1.82) is 0 Å². The average Bonchev–Trinajstić information content (AvgIpc) is 2.97. The van der Waals surface area contributed by atoms with Gasteiger partial charge in [-0.15, -0.1) is 0 Å². The van der Waals surface area contributed by atoms with Gasteiger partial charge in [0.1, 0.15) is 6.10 Å². The van der Waals surface area contributed by atoms with Gasteiger partial charge >= 0.3 is 0 Å². The Morgan fingerprint density at radius 2 is 1.70 bits per heavy atom. The lowest BCUT2D eigenvalue weighted by Crippen LogP contribution is -2.13. The monoisotopic (exact) mass is 267 g/mol. The second kappa shape index (κ2) is 5.88. The van der Waals surface area contributed by atoms with E-state index in [-0.39, 0.29) is 6.10 Å². The number of oxime groups is 1. The van der Waals surface area contributed by atoms with E-state index in [2.05, 4.69) is 5.16 Å². The fraction of sp³-hybridized carbons (Fsp3) is 0.235. The van der Waals surface area contributed by atoms with Gasteiger partial charge in [-0.1, -0.05) is 65.8 Å². The molecule has 1 aliphatic rings. The number of rotatable bonds is 4. The van der Waals surface area contributed by atoms with E-state index < -0.39 is 6.10 Å². The molecule has 0 saturated heterocycles. The maximum atomic E-state index is 10.2. The number of hydrogen-bond acceptors (Lipinski definition) is 3. The summed E-state index contributed by atoms with van der Waals surface area (Å²) in [4.78, 5) is 5.44. The molecule has 0 bridgehead atoms. The van der Waals surface area contributed by atoms with Crippen LogP contribution in [-0.4, -0.2) is 16.9 Å². The minimum Gasteiger partial charge on any atom is -0.392 e. The van der Waals surface area contributed by atoms with Crippen molar-refractivity contribution >= 4 is 5.71 Å². The van der Waals surface area contributed by atoms with Crippen LogP contribution in [0.15, 0.2) is 65.8 Å². The molecule has 0 fully saturated rings. The minimum absolute atomic E-state index is 0.0552. The lowest BCUT2D eigenvalue weighted by Gasteiger charge is -2.14. The van der Waals surface area contributed by atoms with Crippen molar-refractivity contribution in [2.75, 3.05) is 0 Å². The Hall–Kier alpha value is -2.13.